The molecule has 182 valence electrons. The SMILES string of the molecule is CCCCc1cn(C2CCCCC2=O)c(=O)n1CC1(c2cccc(-c3nn[nH]n3)c2)C=CN=CC1. The van der Waals surface area contributed by atoms with Crippen LogP contribution in [0.3, 0.4) is 0 Å². The molecular weight excluding hydrogens is 442 g/mol. The Morgan fingerprint density at radius 3 is 2.89 bits per heavy atom. The molecule has 2 unspecified atom stereocenters. The van der Waals surface area contributed by atoms with Gasteiger partial charge >= 0.3 is 5.69 Å². The van der Waals surface area contributed by atoms with Crippen LogP contribution in [0.5, 0.6) is 0 Å². The number of benzene rings is 1. The van der Waals surface area contributed by atoms with Crippen LogP contribution in [0.2, 0.25) is 0 Å². The van der Waals surface area contributed by atoms with E-state index in [-0.39, 0.29) is 17.5 Å². The minimum absolute atomic E-state index is 0.0963. The number of nitrogens with zero attached hydrogens (tertiary/aromatic N) is 6. The van der Waals surface area contributed by atoms with Gasteiger partial charge in [0.15, 0.2) is 5.78 Å². The van der Waals surface area contributed by atoms with Gasteiger partial charge in [-0.3, -0.25) is 18.9 Å². The molecule has 9 heteroatoms. The number of rotatable bonds is 8. The molecule has 1 fully saturated rings. The number of imidazole rings is 1. The van der Waals surface area contributed by atoms with Crippen LogP contribution in [-0.2, 0) is 23.2 Å². The number of tetrazole rings is 1. The van der Waals surface area contributed by atoms with Crippen molar-refractivity contribution in [2.24, 2.45) is 4.99 Å². The van der Waals surface area contributed by atoms with Crippen LogP contribution in [0.4, 0.5) is 0 Å². The molecule has 0 saturated heterocycles. The monoisotopic (exact) mass is 473 g/mol. The zero-order chi connectivity index (χ0) is 24.3. The van der Waals surface area contributed by atoms with E-state index in [2.05, 4.69) is 50.7 Å². The number of allylic oxidation sites excluding steroid dienone is 1. The molecule has 2 aromatic heterocycles. The van der Waals surface area contributed by atoms with E-state index in [1.807, 2.05) is 35.3 Å². The first-order chi connectivity index (χ1) is 17.1. The van der Waals surface area contributed by atoms with Gasteiger partial charge in [-0.25, -0.2) is 4.79 Å². The van der Waals surface area contributed by atoms with Gasteiger partial charge in [0.1, 0.15) is 0 Å². The average molecular weight is 474 g/mol. The second-order valence-corrected chi connectivity index (χ2v) is 9.55. The molecule has 1 saturated carbocycles. The molecule has 2 aliphatic rings. The van der Waals surface area contributed by atoms with Gasteiger partial charge in [-0.2, -0.15) is 5.21 Å². The topological polar surface area (TPSA) is 111 Å². The van der Waals surface area contributed by atoms with Crippen LogP contribution in [0.1, 0.15) is 69.2 Å². The molecule has 0 bridgehead atoms. The Hall–Kier alpha value is -3.62. The fourth-order valence-electron chi connectivity index (χ4n) is 5.24. The summed E-state index contributed by atoms with van der Waals surface area (Å²) in [5.74, 6) is 0.697. The minimum Gasteiger partial charge on any atom is -0.297 e. The summed E-state index contributed by atoms with van der Waals surface area (Å²) in [5, 5.41) is 14.4. The molecule has 2 atom stereocenters. The van der Waals surface area contributed by atoms with Crippen molar-refractivity contribution in [3.8, 4) is 11.4 Å². The number of hydrogen-bond donors (Lipinski definition) is 1. The Balaban J connectivity index is 1.57. The van der Waals surface area contributed by atoms with Crippen LogP contribution in [0, 0.1) is 0 Å². The van der Waals surface area contributed by atoms with Gasteiger partial charge < -0.3 is 0 Å². The van der Waals surface area contributed by atoms with Gasteiger partial charge in [-0.1, -0.05) is 44.0 Å². The van der Waals surface area contributed by atoms with Crippen LogP contribution in [0.15, 0.2) is 52.5 Å². The number of aromatic nitrogens is 6. The van der Waals surface area contributed by atoms with Crippen molar-refractivity contribution < 1.29 is 4.79 Å². The van der Waals surface area contributed by atoms with Crippen molar-refractivity contribution in [2.75, 3.05) is 0 Å². The lowest BCUT2D eigenvalue weighted by Gasteiger charge is -2.32. The molecule has 1 N–H and O–H groups in total. The van der Waals surface area contributed by atoms with E-state index in [1.165, 1.54) is 0 Å². The zero-order valence-electron chi connectivity index (χ0n) is 20.1. The van der Waals surface area contributed by atoms with Crippen LogP contribution < -0.4 is 5.69 Å². The highest BCUT2D eigenvalue weighted by molar-refractivity contribution is 5.83. The van der Waals surface area contributed by atoms with Gasteiger partial charge in [0.2, 0.25) is 5.82 Å². The van der Waals surface area contributed by atoms with Gasteiger partial charge in [-0.15, -0.1) is 10.2 Å². The lowest BCUT2D eigenvalue weighted by molar-refractivity contribution is -0.123. The first-order valence-corrected chi connectivity index (χ1v) is 12.5. The van der Waals surface area contributed by atoms with E-state index in [0.29, 0.717) is 25.2 Å². The van der Waals surface area contributed by atoms with Crippen LogP contribution >= 0.6 is 0 Å². The lowest BCUT2D eigenvalue weighted by atomic mass is 9.76. The number of hydrogen-bond acceptors (Lipinski definition) is 6. The van der Waals surface area contributed by atoms with E-state index < -0.39 is 5.41 Å². The van der Waals surface area contributed by atoms with E-state index in [9.17, 15) is 9.59 Å². The van der Waals surface area contributed by atoms with Crippen molar-refractivity contribution in [3.05, 3.63) is 64.5 Å². The number of aromatic amines is 1. The fourth-order valence-corrected chi connectivity index (χ4v) is 5.24. The number of nitrogens with one attached hydrogen (secondary N) is 1. The molecule has 1 aliphatic carbocycles. The lowest BCUT2D eigenvalue weighted by Crippen LogP contribution is -2.38. The molecule has 9 nitrogen and oxygen atoms in total. The normalized spacial score (nSPS) is 22.1. The Bertz CT molecular complexity index is 1300. The molecule has 0 spiro atoms. The Morgan fingerprint density at radius 2 is 2.14 bits per heavy atom. The predicted octanol–water partition coefficient (Wildman–Crippen LogP) is 3.78. The molecule has 3 heterocycles. The van der Waals surface area contributed by atoms with Gasteiger partial charge in [-0.05, 0) is 48.9 Å². The highest BCUT2D eigenvalue weighted by atomic mass is 16.2. The van der Waals surface area contributed by atoms with Gasteiger partial charge in [0.25, 0.3) is 0 Å². The number of ketones is 1. The van der Waals surface area contributed by atoms with Crippen molar-refractivity contribution in [1.82, 2.24) is 29.8 Å². The number of carbonyl (C=O) groups is 1. The summed E-state index contributed by atoms with van der Waals surface area (Å²) in [6.07, 6.45) is 14.4. The van der Waals surface area contributed by atoms with E-state index in [0.717, 1.165) is 55.3 Å². The summed E-state index contributed by atoms with van der Waals surface area (Å²) in [6.45, 7) is 2.62. The molecule has 1 aliphatic heterocycles. The van der Waals surface area contributed by atoms with Gasteiger partial charge in [0.05, 0.1) is 6.04 Å². The third kappa shape index (κ3) is 4.54. The quantitative estimate of drug-likeness (QED) is 0.535. The number of carbonyl (C=O) groups excluding carboxylic acids is 1. The summed E-state index contributed by atoms with van der Waals surface area (Å²) < 4.78 is 3.60. The van der Waals surface area contributed by atoms with Crippen molar-refractivity contribution in [1.29, 1.82) is 0 Å². The first kappa shape index (κ1) is 23.1. The standard InChI is InChI=1S/C26H31N7O2/c1-2-3-9-21-17-32(22-10-4-5-11-23(22)34)25(35)33(21)18-26(12-14-27-15-13-26)20-8-6-7-19(16-20)24-28-30-31-29-24/h6-8,12,14-17,22H,2-5,9-11,13,18H2,1H3,(H,28,29,30,31). The summed E-state index contributed by atoms with van der Waals surface area (Å²) in [4.78, 5) is 30.8. The molecule has 0 amide bonds. The molecule has 5 rings (SSSR count). The summed E-state index contributed by atoms with van der Waals surface area (Å²) in [5.41, 5.74) is 2.34. The van der Waals surface area contributed by atoms with Crippen molar-refractivity contribution in [3.63, 3.8) is 0 Å². The second-order valence-electron chi connectivity index (χ2n) is 9.55. The number of aryl methyl sites for hydroxylation is 1. The van der Waals surface area contributed by atoms with E-state index in [1.54, 1.807) is 4.57 Å². The molecule has 3 aromatic rings. The zero-order valence-corrected chi connectivity index (χ0v) is 20.1. The molecule has 1 aromatic carbocycles. The number of H-pyrrole nitrogens is 1. The number of aliphatic imine (C=N–C) groups is 1. The first-order valence-electron chi connectivity index (χ1n) is 12.5. The molecule has 0 radical (unpaired) electrons. The summed E-state index contributed by atoms with van der Waals surface area (Å²) in [6, 6.07) is 7.72. The molecule has 35 heavy (non-hydrogen) atoms. The van der Waals surface area contributed by atoms with E-state index >= 15 is 0 Å². The number of Topliss-reactive ketones (excluding diaryl/α,β-unsaturated/α-hetero) is 1. The third-order valence-corrected chi connectivity index (χ3v) is 7.25. The Labute approximate surface area is 204 Å². The van der Waals surface area contributed by atoms with Crippen molar-refractivity contribution >= 4 is 12.0 Å². The molecular formula is C26H31N7O2. The third-order valence-electron chi connectivity index (χ3n) is 7.25. The Morgan fingerprint density at radius 1 is 1.23 bits per heavy atom. The summed E-state index contributed by atoms with van der Waals surface area (Å²) in [7, 11) is 0. The maximum absolute atomic E-state index is 13.8. The summed E-state index contributed by atoms with van der Waals surface area (Å²) >= 11 is 0. The smallest absolute Gasteiger partial charge is 0.297 e. The maximum Gasteiger partial charge on any atom is 0.329 e. The number of unbranched alkanes of at least 4 members (excludes halogenated alkanes) is 1. The Kier molecular flexibility index (Phi) is 6.57. The highest BCUT2D eigenvalue weighted by Gasteiger charge is 2.34. The van der Waals surface area contributed by atoms with Crippen LogP contribution in [-0.4, -0.2) is 41.8 Å². The van der Waals surface area contributed by atoms with Crippen molar-refractivity contribution in [2.45, 2.75) is 76.3 Å². The largest absolute Gasteiger partial charge is 0.329 e. The fraction of sp³-hybridized carbons (Fsp3) is 0.462. The average Bonchev–Trinajstić information content (AvgIpc) is 3.53. The minimum atomic E-state index is -0.463. The van der Waals surface area contributed by atoms with E-state index in [4.69, 9.17) is 0 Å². The second kappa shape index (κ2) is 9.93. The predicted molar refractivity (Wildman–Crippen MR) is 133 cm³/mol. The highest BCUT2D eigenvalue weighted by Crippen LogP contribution is 2.35. The van der Waals surface area contributed by atoms with Crippen LogP contribution in [0.25, 0.3) is 11.4 Å². The van der Waals surface area contributed by atoms with Gasteiger partial charge in [0, 0.05) is 48.2 Å². The maximum atomic E-state index is 13.8.